The smallest absolute Gasteiger partial charge is 0.264 e. The van der Waals surface area contributed by atoms with E-state index in [9.17, 15) is 18.3 Å². The summed E-state index contributed by atoms with van der Waals surface area (Å²) in [6.07, 6.45) is -1.77. The highest BCUT2D eigenvalue weighted by molar-refractivity contribution is 7.85. The van der Waals surface area contributed by atoms with Crippen molar-refractivity contribution in [3.05, 3.63) is 0 Å². The molecular formula is C9H16O7S. The molecule has 0 bridgehead atoms. The summed E-state index contributed by atoms with van der Waals surface area (Å²) in [6.45, 7) is 2.70. The first-order chi connectivity index (χ1) is 7.64. The number of aliphatic hydroxyl groups is 1. The van der Waals surface area contributed by atoms with Crippen LogP contribution in [0.2, 0.25) is 0 Å². The van der Waals surface area contributed by atoms with Crippen LogP contribution in [0.1, 0.15) is 13.8 Å². The van der Waals surface area contributed by atoms with Gasteiger partial charge in [-0.05, 0) is 13.8 Å². The molecule has 0 unspecified atom stereocenters. The largest absolute Gasteiger partial charge is 0.388 e. The lowest BCUT2D eigenvalue weighted by Gasteiger charge is -2.20. The van der Waals surface area contributed by atoms with Crippen molar-refractivity contribution in [3.63, 3.8) is 0 Å². The number of aldehydes is 1. The maximum atomic E-state index is 10.8. The fraction of sp³-hybridized carbons (Fsp3) is 0.889. The van der Waals surface area contributed by atoms with Crippen molar-refractivity contribution in [2.24, 2.45) is 0 Å². The fourth-order valence-electron chi connectivity index (χ4n) is 1.51. The van der Waals surface area contributed by atoms with E-state index < -0.39 is 40.8 Å². The zero-order chi connectivity index (χ0) is 13.3. The highest BCUT2D eigenvalue weighted by atomic mass is 32.2. The second-order valence-electron chi connectivity index (χ2n) is 4.26. The third kappa shape index (κ3) is 4.32. The summed E-state index contributed by atoms with van der Waals surface area (Å²) >= 11 is 0. The van der Waals surface area contributed by atoms with Crippen molar-refractivity contribution in [2.45, 2.75) is 37.9 Å². The van der Waals surface area contributed by atoms with E-state index in [1.165, 1.54) is 0 Å². The van der Waals surface area contributed by atoms with E-state index >= 15 is 0 Å². The van der Waals surface area contributed by atoms with Crippen LogP contribution >= 0.6 is 0 Å². The molecule has 0 radical (unpaired) electrons. The van der Waals surface area contributed by atoms with Crippen LogP contribution in [-0.4, -0.2) is 56.8 Å². The number of ether oxygens (including phenoxy) is 2. The zero-order valence-corrected chi connectivity index (χ0v) is 10.6. The summed E-state index contributed by atoms with van der Waals surface area (Å²) in [6, 6.07) is 0. The van der Waals surface area contributed by atoms with Crippen LogP contribution in [0.25, 0.3) is 0 Å². The van der Waals surface area contributed by atoms with Gasteiger partial charge in [-0.25, -0.2) is 0 Å². The van der Waals surface area contributed by atoms with Gasteiger partial charge in [-0.1, -0.05) is 0 Å². The molecule has 1 aliphatic rings. The third-order valence-electron chi connectivity index (χ3n) is 2.13. The number of hydrogen-bond acceptors (Lipinski definition) is 7. The van der Waals surface area contributed by atoms with Crippen molar-refractivity contribution < 1.29 is 32.0 Å². The van der Waals surface area contributed by atoms with Gasteiger partial charge in [0.15, 0.2) is 12.1 Å². The molecule has 100 valence electrons. The summed E-state index contributed by atoms with van der Waals surface area (Å²) < 4.78 is 36.5. The summed E-state index contributed by atoms with van der Waals surface area (Å²) in [5.74, 6) is -0.998. The first kappa shape index (κ1) is 14.5. The highest BCUT2D eigenvalue weighted by Crippen LogP contribution is 2.29. The normalized spacial score (nSPS) is 30.1. The van der Waals surface area contributed by atoms with Crippen LogP contribution in [0.15, 0.2) is 0 Å². The molecule has 7 nitrogen and oxygen atoms in total. The summed E-state index contributed by atoms with van der Waals surface area (Å²) in [4.78, 5) is 10.7. The quantitative estimate of drug-likeness (QED) is 0.506. The van der Waals surface area contributed by atoms with Crippen LogP contribution in [0, 0.1) is 0 Å². The molecule has 1 fully saturated rings. The van der Waals surface area contributed by atoms with Gasteiger partial charge < -0.3 is 19.4 Å². The number of hydrogen-bond donors (Lipinski definition) is 1. The predicted molar refractivity (Wildman–Crippen MR) is 56.7 cm³/mol. The van der Waals surface area contributed by atoms with Crippen LogP contribution < -0.4 is 0 Å². The Balaban J connectivity index is 2.62. The molecular weight excluding hydrogens is 252 g/mol. The van der Waals surface area contributed by atoms with E-state index in [2.05, 4.69) is 4.18 Å². The van der Waals surface area contributed by atoms with Gasteiger partial charge >= 0.3 is 0 Å². The van der Waals surface area contributed by atoms with Gasteiger partial charge in [0, 0.05) is 0 Å². The van der Waals surface area contributed by atoms with E-state index in [0.717, 1.165) is 6.26 Å². The van der Waals surface area contributed by atoms with Crippen LogP contribution in [0.4, 0.5) is 0 Å². The molecule has 1 N–H and O–H groups in total. The minimum atomic E-state index is -3.65. The Morgan fingerprint density at radius 2 is 2.06 bits per heavy atom. The van der Waals surface area contributed by atoms with Gasteiger partial charge in [-0.15, -0.1) is 0 Å². The van der Waals surface area contributed by atoms with E-state index in [-0.39, 0.29) is 0 Å². The topological polar surface area (TPSA) is 99.1 Å². The number of rotatable bonds is 5. The molecule has 1 aliphatic heterocycles. The van der Waals surface area contributed by atoms with Crippen molar-refractivity contribution in [1.82, 2.24) is 0 Å². The molecule has 3 atom stereocenters. The van der Waals surface area contributed by atoms with Gasteiger partial charge in [0.25, 0.3) is 10.1 Å². The first-order valence-corrected chi connectivity index (χ1v) is 6.80. The lowest BCUT2D eigenvalue weighted by molar-refractivity contribution is -0.158. The maximum Gasteiger partial charge on any atom is 0.264 e. The van der Waals surface area contributed by atoms with Gasteiger partial charge in [0.2, 0.25) is 0 Å². The second kappa shape index (κ2) is 4.99. The predicted octanol–water partition coefficient (Wildman–Crippen LogP) is -0.957. The molecule has 0 aromatic rings. The van der Waals surface area contributed by atoms with Crippen LogP contribution in [0.5, 0.6) is 0 Å². The lowest BCUT2D eigenvalue weighted by Crippen LogP contribution is -2.39. The lowest BCUT2D eigenvalue weighted by atomic mass is 10.1. The minimum Gasteiger partial charge on any atom is -0.388 e. The van der Waals surface area contributed by atoms with Crippen molar-refractivity contribution in [1.29, 1.82) is 0 Å². The van der Waals surface area contributed by atoms with Crippen molar-refractivity contribution >= 4 is 16.4 Å². The van der Waals surface area contributed by atoms with E-state index in [1.807, 2.05) is 0 Å². The molecule has 1 rings (SSSR count). The van der Waals surface area contributed by atoms with Gasteiger partial charge in [-0.2, -0.15) is 8.42 Å². The number of carbonyl (C=O) groups is 1. The Bertz CT molecular complexity index is 375. The third-order valence-corrected chi connectivity index (χ3v) is 2.69. The molecule has 0 aromatic heterocycles. The molecule has 1 saturated heterocycles. The monoisotopic (exact) mass is 268 g/mol. The van der Waals surface area contributed by atoms with E-state index in [4.69, 9.17) is 9.47 Å². The SMILES string of the molecule is CC1(C)O[C@@H]([C@H](O)COS(C)(=O)=O)[C@@H](C=O)O1. The zero-order valence-electron chi connectivity index (χ0n) is 9.82. The van der Waals surface area contributed by atoms with Crippen LogP contribution in [0.3, 0.4) is 0 Å². The average molecular weight is 268 g/mol. The van der Waals surface area contributed by atoms with Gasteiger partial charge in [0.05, 0.1) is 12.9 Å². The minimum absolute atomic E-state index is 0.479. The molecule has 17 heavy (non-hydrogen) atoms. The number of aliphatic hydroxyl groups excluding tert-OH is 1. The molecule has 0 spiro atoms. The van der Waals surface area contributed by atoms with Crippen LogP contribution in [-0.2, 0) is 28.6 Å². The Morgan fingerprint density at radius 1 is 1.47 bits per heavy atom. The van der Waals surface area contributed by atoms with Crippen molar-refractivity contribution in [2.75, 3.05) is 12.9 Å². The molecule has 8 heteroatoms. The van der Waals surface area contributed by atoms with E-state index in [1.54, 1.807) is 13.8 Å². The molecule has 1 heterocycles. The van der Waals surface area contributed by atoms with E-state index in [0.29, 0.717) is 6.29 Å². The molecule has 0 aliphatic carbocycles. The Morgan fingerprint density at radius 3 is 2.53 bits per heavy atom. The molecule has 0 amide bonds. The standard InChI is InChI=1S/C9H16O7S/c1-9(2)15-7(4-10)8(16-9)6(11)5-14-17(3,12)13/h4,6-8,11H,5H2,1-3H3/t6-,7-,8+/m1/s1. The second-order valence-corrected chi connectivity index (χ2v) is 5.90. The maximum absolute atomic E-state index is 10.8. The first-order valence-electron chi connectivity index (χ1n) is 4.98. The fourth-order valence-corrected chi connectivity index (χ4v) is 1.89. The Labute approximate surface area is 99.8 Å². The van der Waals surface area contributed by atoms with Gasteiger partial charge in [-0.3, -0.25) is 4.18 Å². The van der Waals surface area contributed by atoms with Crippen molar-refractivity contribution in [3.8, 4) is 0 Å². The molecule has 0 saturated carbocycles. The highest BCUT2D eigenvalue weighted by Gasteiger charge is 2.45. The molecule has 0 aromatic carbocycles. The summed E-state index contributed by atoms with van der Waals surface area (Å²) in [5.41, 5.74) is 0. The summed E-state index contributed by atoms with van der Waals surface area (Å²) in [5, 5.41) is 9.69. The Kier molecular flexibility index (Phi) is 4.26. The number of carbonyl (C=O) groups excluding carboxylic acids is 1. The summed E-state index contributed by atoms with van der Waals surface area (Å²) in [7, 11) is -3.65. The average Bonchev–Trinajstić information content (AvgIpc) is 2.49. The Hall–Kier alpha value is -0.540. The van der Waals surface area contributed by atoms with Gasteiger partial charge in [0.1, 0.15) is 18.3 Å².